The number of carbonyl (C=O) groups is 1. The maximum Gasteiger partial charge on any atom is 0.335 e. The van der Waals surface area contributed by atoms with Gasteiger partial charge < -0.3 is 9.84 Å². The molecule has 1 fully saturated rings. The largest absolute Gasteiger partial charge is 0.479 e. The van der Waals surface area contributed by atoms with Gasteiger partial charge in [-0.3, -0.25) is 0 Å². The minimum absolute atomic E-state index is 0. The summed E-state index contributed by atoms with van der Waals surface area (Å²) < 4.78 is 5.19. The monoisotopic (exact) mass is 391 g/mol. The van der Waals surface area contributed by atoms with Crippen molar-refractivity contribution in [2.75, 3.05) is 32.2 Å². The van der Waals surface area contributed by atoms with Crippen LogP contribution in [0.3, 0.4) is 0 Å². The average molecular weight is 391 g/mol. The van der Waals surface area contributed by atoms with Crippen molar-refractivity contribution in [1.29, 1.82) is 10.5 Å². The zero-order chi connectivity index (χ0) is 16.6. The molecule has 0 spiro atoms. The van der Waals surface area contributed by atoms with Crippen LogP contribution >= 0.6 is 7.26 Å². The Labute approximate surface area is 155 Å². The Balaban J connectivity index is -0.000000107. The van der Waals surface area contributed by atoms with Gasteiger partial charge in [0.1, 0.15) is 0 Å². The molecule has 1 N–H and O–H groups in total. The Bertz CT molecular complexity index is 303. The molecule has 0 unspecified atom stereocenters. The number of hydrogen-bond acceptors (Lipinski definition) is 4. The standard InChI is InChI=1S/C6H13OP.C4H2N2O2.2C2H6.Y/c1-8(2)5-3-7-4-6-8;5-1-3(2-6)4(7)8;2*1-2;/h1,3-6H2,2H3;3H,(H,7,8);2*1-2H3;. The van der Waals surface area contributed by atoms with Crippen LogP contribution in [0.25, 0.3) is 0 Å². The summed E-state index contributed by atoms with van der Waals surface area (Å²) in [5, 5.41) is 23.6. The first kappa shape index (κ1) is 29.0. The van der Waals surface area contributed by atoms with Gasteiger partial charge in [-0.2, -0.15) is 17.2 Å². The van der Waals surface area contributed by atoms with E-state index in [9.17, 15) is 4.79 Å². The third-order valence-corrected chi connectivity index (χ3v) is 4.58. The third kappa shape index (κ3) is 19.9. The number of aliphatic carboxylic acids is 1. The molecule has 1 heterocycles. The molecule has 1 rings (SSSR count). The second-order valence-electron chi connectivity index (χ2n) is 3.71. The fourth-order valence-corrected chi connectivity index (χ4v) is 2.29. The number of carboxylic acid groups (broad SMARTS) is 1. The number of nitriles is 2. The van der Waals surface area contributed by atoms with E-state index < -0.39 is 19.1 Å². The fourth-order valence-electron chi connectivity index (χ4n) is 0.923. The van der Waals surface area contributed by atoms with Gasteiger partial charge in [0.05, 0.1) is 37.7 Å². The SMILES string of the molecule is CC.CC.N#CC(C#N)C(=O)O.[CH2-][P+]1(C)CCOCC1.[Y]. The molecule has 1 aliphatic rings. The summed E-state index contributed by atoms with van der Waals surface area (Å²) >= 11 is 0. The Hall–Kier alpha value is -0.0561. The molecule has 0 saturated carbocycles. The van der Waals surface area contributed by atoms with Crippen LogP contribution in [0.5, 0.6) is 0 Å². The van der Waals surface area contributed by atoms with Crippen molar-refractivity contribution in [3.63, 3.8) is 0 Å². The fraction of sp³-hybridized carbons (Fsp3) is 0.714. The van der Waals surface area contributed by atoms with Crippen LogP contribution in [0.4, 0.5) is 0 Å². The number of ether oxygens (including phenoxy) is 1. The summed E-state index contributed by atoms with van der Waals surface area (Å²) in [7, 11) is -0.712. The molecule has 21 heavy (non-hydrogen) atoms. The zero-order valence-electron chi connectivity index (χ0n) is 13.8. The minimum Gasteiger partial charge on any atom is -0.479 e. The maximum atomic E-state index is 9.72. The number of hydrogen-bond donors (Lipinski definition) is 1. The molecule has 0 aromatic heterocycles. The molecule has 0 aromatic rings. The molecule has 0 aliphatic carbocycles. The van der Waals surface area contributed by atoms with E-state index in [2.05, 4.69) is 13.3 Å². The Morgan fingerprint density at radius 3 is 1.62 bits per heavy atom. The summed E-state index contributed by atoms with van der Waals surface area (Å²) in [6.07, 6.45) is 2.46. The van der Waals surface area contributed by atoms with E-state index in [-0.39, 0.29) is 32.7 Å². The van der Waals surface area contributed by atoms with Crippen LogP contribution in [-0.2, 0) is 42.2 Å². The van der Waals surface area contributed by atoms with Gasteiger partial charge in [-0.05, 0) is 0 Å². The molecule has 0 amide bonds. The molecule has 1 radical (unpaired) electrons. The first-order valence-corrected chi connectivity index (χ1v) is 9.51. The van der Waals surface area contributed by atoms with Crippen LogP contribution in [0, 0.1) is 35.2 Å². The molecule has 0 aromatic carbocycles. The van der Waals surface area contributed by atoms with Crippen LogP contribution in [-0.4, -0.2) is 43.3 Å². The number of rotatable bonds is 1. The molecular formula is C14H27N2O3PY. The molecule has 119 valence electrons. The topological polar surface area (TPSA) is 94.1 Å². The van der Waals surface area contributed by atoms with Crippen molar-refractivity contribution < 1.29 is 47.3 Å². The van der Waals surface area contributed by atoms with Crippen LogP contribution < -0.4 is 0 Å². The number of carboxylic acids is 1. The molecule has 5 nitrogen and oxygen atoms in total. The van der Waals surface area contributed by atoms with Gasteiger partial charge in [0.15, 0.2) is 0 Å². The van der Waals surface area contributed by atoms with E-state index >= 15 is 0 Å². The summed E-state index contributed by atoms with van der Waals surface area (Å²) in [5.74, 6) is -2.91. The van der Waals surface area contributed by atoms with Crippen molar-refractivity contribution in [3.8, 4) is 12.1 Å². The van der Waals surface area contributed by atoms with E-state index in [1.165, 1.54) is 24.5 Å². The van der Waals surface area contributed by atoms with Crippen LogP contribution in [0.1, 0.15) is 27.7 Å². The van der Waals surface area contributed by atoms with E-state index in [1.54, 1.807) is 0 Å². The van der Waals surface area contributed by atoms with Gasteiger partial charge in [-0.1, -0.05) is 27.7 Å². The minimum atomic E-state index is -1.52. The molecule has 1 saturated heterocycles. The predicted octanol–water partition coefficient (Wildman–Crippen LogP) is 3.24. The maximum absolute atomic E-state index is 9.72. The Morgan fingerprint density at radius 1 is 1.19 bits per heavy atom. The van der Waals surface area contributed by atoms with E-state index in [4.69, 9.17) is 20.4 Å². The molecule has 0 bridgehead atoms. The van der Waals surface area contributed by atoms with Crippen molar-refractivity contribution in [1.82, 2.24) is 0 Å². The Kier molecular flexibility index (Phi) is 27.6. The molecule has 7 heteroatoms. The molecule has 1 aliphatic heterocycles. The van der Waals surface area contributed by atoms with Crippen molar-refractivity contribution in [2.24, 2.45) is 5.92 Å². The van der Waals surface area contributed by atoms with Gasteiger partial charge in [0.25, 0.3) is 0 Å². The Morgan fingerprint density at radius 2 is 1.52 bits per heavy atom. The number of nitrogens with zero attached hydrogens (tertiary/aromatic N) is 2. The smallest absolute Gasteiger partial charge is 0.335 e. The van der Waals surface area contributed by atoms with Crippen LogP contribution in [0.15, 0.2) is 0 Å². The van der Waals surface area contributed by atoms with Crippen LogP contribution in [0.2, 0.25) is 0 Å². The van der Waals surface area contributed by atoms with E-state index in [0.29, 0.717) is 0 Å². The first-order chi connectivity index (χ1) is 9.43. The quantitative estimate of drug-likeness (QED) is 0.547. The van der Waals surface area contributed by atoms with Gasteiger partial charge >= 0.3 is 5.97 Å². The van der Waals surface area contributed by atoms with E-state index in [1.807, 2.05) is 27.7 Å². The second-order valence-corrected chi connectivity index (χ2v) is 7.84. The van der Waals surface area contributed by atoms with E-state index in [0.717, 1.165) is 13.2 Å². The summed E-state index contributed by atoms with van der Waals surface area (Å²) in [5.41, 5.74) is 0. The van der Waals surface area contributed by atoms with Gasteiger partial charge in [-0.25, -0.2) is 4.79 Å². The predicted molar refractivity (Wildman–Crippen MR) is 83.8 cm³/mol. The zero-order valence-corrected chi connectivity index (χ0v) is 17.5. The van der Waals surface area contributed by atoms with Gasteiger partial charge in [0.2, 0.25) is 5.92 Å². The normalized spacial score (nSPS) is 14.0. The second kappa shape index (κ2) is 19.9. The summed E-state index contributed by atoms with van der Waals surface area (Å²) in [4.78, 5) is 9.72. The van der Waals surface area contributed by atoms with Crippen molar-refractivity contribution >= 4 is 13.2 Å². The van der Waals surface area contributed by atoms with Gasteiger partial charge in [-0.15, -0.1) is 7.26 Å². The van der Waals surface area contributed by atoms with Crippen molar-refractivity contribution in [3.05, 3.63) is 6.66 Å². The van der Waals surface area contributed by atoms with Crippen molar-refractivity contribution in [2.45, 2.75) is 27.7 Å². The first-order valence-electron chi connectivity index (χ1n) is 6.71. The average Bonchev–Trinajstić information content (AvgIpc) is 2.44. The molecule has 0 atom stereocenters. The summed E-state index contributed by atoms with van der Waals surface area (Å²) in [6, 6.07) is 2.58. The molecular weight excluding hydrogens is 364 g/mol. The van der Waals surface area contributed by atoms with Gasteiger partial charge in [0, 0.05) is 39.4 Å². The summed E-state index contributed by atoms with van der Waals surface area (Å²) in [6.45, 7) is 16.4. The third-order valence-electron chi connectivity index (χ3n) is 2.06.